The van der Waals surface area contributed by atoms with Gasteiger partial charge in [-0.1, -0.05) is 46.9 Å². The van der Waals surface area contributed by atoms with Crippen LogP contribution in [0, 0.1) is 0 Å². The average molecular weight is 394 g/mol. The number of carbonyl (C=O) groups is 1. The monoisotopic (exact) mass is 392 g/mol. The van der Waals surface area contributed by atoms with Crippen LogP contribution in [-0.2, 0) is 0 Å². The molecule has 7 heteroatoms. The van der Waals surface area contributed by atoms with Crippen LogP contribution in [0.2, 0.25) is 15.1 Å². The molecule has 126 valence electrons. The Labute approximate surface area is 159 Å². The number of furan rings is 1. The summed E-state index contributed by atoms with van der Waals surface area (Å²) in [4.78, 5) is 12.0. The maximum absolute atomic E-state index is 12.0. The fraction of sp³-hybridized carbons (Fsp3) is 0. The van der Waals surface area contributed by atoms with E-state index < -0.39 is 5.91 Å². The average Bonchev–Trinajstić information content (AvgIpc) is 3.06. The fourth-order valence-electron chi connectivity index (χ4n) is 2.11. The SMILES string of the molecule is O=C(N/N=C\c1ccc(-c2cc(Cl)ccc2Cl)o1)c1ccccc1Cl. The number of hydrazone groups is 1. The second kappa shape index (κ2) is 7.74. The van der Waals surface area contributed by atoms with Gasteiger partial charge in [0.1, 0.15) is 11.5 Å². The molecule has 25 heavy (non-hydrogen) atoms. The first-order valence-corrected chi connectivity index (χ1v) is 8.31. The van der Waals surface area contributed by atoms with Crippen molar-refractivity contribution in [2.24, 2.45) is 5.10 Å². The number of nitrogens with zero attached hydrogens (tertiary/aromatic N) is 1. The first-order valence-electron chi connectivity index (χ1n) is 7.18. The largest absolute Gasteiger partial charge is 0.455 e. The molecule has 0 bridgehead atoms. The summed E-state index contributed by atoms with van der Waals surface area (Å²) < 4.78 is 5.65. The maximum Gasteiger partial charge on any atom is 0.272 e. The van der Waals surface area contributed by atoms with E-state index in [0.717, 1.165) is 0 Å². The molecule has 0 spiro atoms. The van der Waals surface area contributed by atoms with Crippen LogP contribution in [0.25, 0.3) is 11.3 Å². The number of halogens is 3. The summed E-state index contributed by atoms with van der Waals surface area (Å²) in [7, 11) is 0. The number of amides is 1. The summed E-state index contributed by atoms with van der Waals surface area (Å²) >= 11 is 18.1. The van der Waals surface area contributed by atoms with Crippen molar-refractivity contribution in [3.05, 3.63) is 81.0 Å². The number of carbonyl (C=O) groups excluding carboxylic acids is 1. The van der Waals surface area contributed by atoms with Crippen LogP contribution in [0.4, 0.5) is 0 Å². The Morgan fingerprint density at radius 1 is 1.00 bits per heavy atom. The van der Waals surface area contributed by atoms with Gasteiger partial charge in [0.05, 0.1) is 21.8 Å². The zero-order valence-electron chi connectivity index (χ0n) is 12.7. The predicted octanol–water partition coefficient (Wildman–Crippen LogP) is 5.67. The molecule has 0 unspecified atom stereocenters. The van der Waals surface area contributed by atoms with Crippen molar-refractivity contribution in [2.45, 2.75) is 0 Å². The van der Waals surface area contributed by atoms with Gasteiger partial charge in [-0.05, 0) is 42.5 Å². The molecule has 0 atom stereocenters. The number of hydrogen-bond acceptors (Lipinski definition) is 3. The van der Waals surface area contributed by atoms with E-state index in [0.29, 0.717) is 37.7 Å². The third-order valence-corrected chi connectivity index (χ3v) is 4.19. The van der Waals surface area contributed by atoms with Crippen LogP contribution >= 0.6 is 34.8 Å². The van der Waals surface area contributed by atoms with Crippen molar-refractivity contribution >= 4 is 46.9 Å². The molecular weight excluding hydrogens is 383 g/mol. The minimum absolute atomic E-state index is 0.340. The van der Waals surface area contributed by atoms with Crippen molar-refractivity contribution in [1.29, 1.82) is 0 Å². The summed E-state index contributed by atoms with van der Waals surface area (Å²) in [5.41, 5.74) is 3.41. The number of hydrogen-bond donors (Lipinski definition) is 1. The first kappa shape index (κ1) is 17.5. The van der Waals surface area contributed by atoms with E-state index in [1.807, 2.05) is 0 Å². The predicted molar refractivity (Wildman–Crippen MR) is 101 cm³/mol. The van der Waals surface area contributed by atoms with Crippen molar-refractivity contribution < 1.29 is 9.21 Å². The molecule has 1 heterocycles. The van der Waals surface area contributed by atoms with Gasteiger partial charge in [-0.2, -0.15) is 5.10 Å². The summed E-state index contributed by atoms with van der Waals surface area (Å²) in [5, 5.41) is 5.30. The van der Waals surface area contributed by atoms with Crippen molar-refractivity contribution in [2.75, 3.05) is 0 Å². The van der Waals surface area contributed by atoms with E-state index in [-0.39, 0.29) is 0 Å². The molecule has 1 N–H and O–H groups in total. The molecule has 1 amide bonds. The Balaban J connectivity index is 1.71. The zero-order chi connectivity index (χ0) is 17.8. The zero-order valence-corrected chi connectivity index (χ0v) is 14.9. The van der Waals surface area contributed by atoms with Crippen molar-refractivity contribution in [3.8, 4) is 11.3 Å². The minimum Gasteiger partial charge on any atom is -0.455 e. The Kier molecular flexibility index (Phi) is 5.43. The van der Waals surface area contributed by atoms with Crippen LogP contribution < -0.4 is 5.43 Å². The van der Waals surface area contributed by atoms with E-state index >= 15 is 0 Å². The molecule has 0 aliphatic carbocycles. The van der Waals surface area contributed by atoms with Gasteiger partial charge in [0.15, 0.2) is 0 Å². The molecule has 0 radical (unpaired) electrons. The van der Waals surface area contributed by atoms with Crippen molar-refractivity contribution in [1.82, 2.24) is 5.43 Å². The molecule has 0 fully saturated rings. The Morgan fingerprint density at radius 2 is 1.80 bits per heavy atom. The van der Waals surface area contributed by atoms with Gasteiger partial charge in [-0.25, -0.2) is 5.43 Å². The number of rotatable bonds is 4. The van der Waals surface area contributed by atoms with E-state index in [1.54, 1.807) is 54.6 Å². The highest BCUT2D eigenvalue weighted by Gasteiger charge is 2.10. The molecule has 3 aromatic rings. The van der Waals surface area contributed by atoms with Crippen LogP contribution in [0.3, 0.4) is 0 Å². The molecule has 2 aromatic carbocycles. The van der Waals surface area contributed by atoms with Gasteiger partial charge in [-0.15, -0.1) is 0 Å². The van der Waals surface area contributed by atoms with E-state index in [2.05, 4.69) is 10.5 Å². The van der Waals surface area contributed by atoms with Gasteiger partial charge in [0.2, 0.25) is 0 Å². The second-order valence-corrected chi connectivity index (χ2v) is 6.26. The van der Waals surface area contributed by atoms with Gasteiger partial charge in [0, 0.05) is 10.6 Å². The third-order valence-electron chi connectivity index (χ3n) is 3.30. The lowest BCUT2D eigenvalue weighted by Gasteiger charge is -2.01. The first-order chi connectivity index (χ1) is 12.0. The highest BCUT2D eigenvalue weighted by molar-refractivity contribution is 6.35. The topological polar surface area (TPSA) is 54.6 Å². The summed E-state index contributed by atoms with van der Waals surface area (Å²) in [5.74, 6) is 0.586. The Hall–Kier alpha value is -2.27. The molecule has 3 rings (SSSR count). The number of benzene rings is 2. The van der Waals surface area contributed by atoms with Crippen LogP contribution in [0.5, 0.6) is 0 Å². The Bertz CT molecular complexity index is 951. The molecule has 4 nitrogen and oxygen atoms in total. The highest BCUT2D eigenvalue weighted by atomic mass is 35.5. The molecule has 1 aromatic heterocycles. The normalized spacial score (nSPS) is 11.0. The molecule has 0 saturated heterocycles. The molecule has 0 aliphatic rings. The van der Waals surface area contributed by atoms with E-state index in [9.17, 15) is 4.79 Å². The van der Waals surface area contributed by atoms with Crippen LogP contribution in [0.1, 0.15) is 16.1 Å². The molecule has 0 saturated carbocycles. The second-order valence-electron chi connectivity index (χ2n) is 5.01. The van der Waals surface area contributed by atoms with Crippen molar-refractivity contribution in [3.63, 3.8) is 0 Å². The lowest BCUT2D eigenvalue weighted by molar-refractivity contribution is 0.0955. The fourth-order valence-corrected chi connectivity index (χ4v) is 2.72. The van der Waals surface area contributed by atoms with Gasteiger partial charge in [-0.3, -0.25) is 4.79 Å². The molecule has 0 aliphatic heterocycles. The third kappa shape index (κ3) is 4.23. The Morgan fingerprint density at radius 3 is 2.60 bits per heavy atom. The van der Waals surface area contributed by atoms with Gasteiger partial charge in [0.25, 0.3) is 5.91 Å². The van der Waals surface area contributed by atoms with Crippen LogP contribution in [-0.4, -0.2) is 12.1 Å². The molecular formula is C18H11Cl3N2O2. The maximum atomic E-state index is 12.0. The standard InChI is InChI=1S/C18H11Cl3N2O2/c19-11-5-7-16(21)14(9-11)17-8-6-12(25-17)10-22-23-18(24)13-3-1-2-4-15(13)20/h1-10H,(H,23,24)/b22-10-. The van der Waals surface area contributed by atoms with Crippen LogP contribution in [0.15, 0.2) is 64.1 Å². The van der Waals surface area contributed by atoms with E-state index in [1.165, 1.54) is 6.21 Å². The van der Waals surface area contributed by atoms with Gasteiger partial charge >= 0.3 is 0 Å². The van der Waals surface area contributed by atoms with Gasteiger partial charge < -0.3 is 4.42 Å². The lowest BCUT2D eigenvalue weighted by atomic mass is 10.2. The highest BCUT2D eigenvalue weighted by Crippen LogP contribution is 2.31. The smallest absolute Gasteiger partial charge is 0.272 e. The number of nitrogens with one attached hydrogen (secondary N) is 1. The summed E-state index contributed by atoms with van der Waals surface area (Å²) in [6.45, 7) is 0. The quantitative estimate of drug-likeness (QED) is 0.458. The minimum atomic E-state index is -0.411. The summed E-state index contributed by atoms with van der Waals surface area (Å²) in [6.07, 6.45) is 1.39. The van der Waals surface area contributed by atoms with E-state index in [4.69, 9.17) is 39.2 Å². The lowest BCUT2D eigenvalue weighted by Crippen LogP contribution is -2.17. The summed E-state index contributed by atoms with van der Waals surface area (Å²) in [6, 6.07) is 15.3.